The molecule has 1 aromatic heterocycles. The van der Waals surface area contributed by atoms with Crippen molar-refractivity contribution in [1.29, 1.82) is 0 Å². The largest absolute Gasteiger partial charge is 0.329 e. The fraction of sp³-hybridized carbons (Fsp3) is 0. The lowest BCUT2D eigenvalue weighted by Gasteiger charge is -2.07. The molecule has 0 aliphatic heterocycles. The average Bonchev–Trinajstić information content (AvgIpc) is 2.85. The van der Waals surface area contributed by atoms with E-state index in [2.05, 4.69) is 26.0 Å². The Morgan fingerprint density at radius 2 is 2.22 bits per heavy atom. The average molecular weight is 263 g/mol. The van der Waals surface area contributed by atoms with E-state index in [1.54, 1.807) is 30.5 Å². The highest BCUT2D eigenvalue weighted by atomic mass is 32.1. The number of hydrogen-bond donors (Lipinski definition) is 3. The molecule has 3 N–H and O–H groups in total. The summed E-state index contributed by atoms with van der Waals surface area (Å²) in [5, 5.41) is 13.2. The number of rotatable bonds is 3. The highest BCUT2D eigenvalue weighted by molar-refractivity contribution is 7.80. The second kappa shape index (κ2) is 5.87. The quantitative estimate of drug-likeness (QED) is 0.449. The topological polar surface area (TPSA) is 65.1 Å². The standard InChI is InChI=1S/C11H10FN5S/c12-9-3-1-2-4-10(9)15-11(18)17-14-7-8-5-6-13-16-8/h1-7H,(H,13,16)(H2,15,17,18)/b14-7+. The fourth-order valence-electron chi connectivity index (χ4n) is 1.21. The molecule has 0 aliphatic rings. The van der Waals surface area contributed by atoms with E-state index in [9.17, 15) is 4.39 Å². The Labute approximate surface area is 108 Å². The maximum atomic E-state index is 13.3. The molecule has 0 unspecified atom stereocenters. The smallest absolute Gasteiger partial charge is 0.191 e. The Kier molecular flexibility index (Phi) is 3.98. The predicted octanol–water partition coefficient (Wildman–Crippen LogP) is 1.87. The van der Waals surface area contributed by atoms with Gasteiger partial charge in [0.1, 0.15) is 5.82 Å². The predicted molar refractivity (Wildman–Crippen MR) is 71.9 cm³/mol. The van der Waals surface area contributed by atoms with Gasteiger partial charge in [0.2, 0.25) is 0 Å². The van der Waals surface area contributed by atoms with Crippen LogP contribution in [-0.4, -0.2) is 21.5 Å². The first kappa shape index (κ1) is 12.2. The van der Waals surface area contributed by atoms with Crippen molar-refractivity contribution in [2.24, 2.45) is 5.10 Å². The normalized spacial score (nSPS) is 10.5. The van der Waals surface area contributed by atoms with Gasteiger partial charge >= 0.3 is 0 Å². The first-order chi connectivity index (χ1) is 8.75. The maximum absolute atomic E-state index is 13.3. The number of hydrazone groups is 1. The number of halogens is 1. The van der Waals surface area contributed by atoms with E-state index in [1.807, 2.05) is 0 Å². The molecule has 2 aromatic rings. The van der Waals surface area contributed by atoms with Gasteiger partial charge in [-0.3, -0.25) is 10.5 Å². The molecule has 1 aromatic carbocycles. The molecule has 92 valence electrons. The molecule has 0 saturated carbocycles. The van der Waals surface area contributed by atoms with Crippen molar-refractivity contribution < 1.29 is 4.39 Å². The lowest BCUT2D eigenvalue weighted by atomic mass is 10.3. The number of H-pyrrole nitrogens is 1. The van der Waals surface area contributed by atoms with Crippen molar-refractivity contribution in [2.75, 3.05) is 5.32 Å². The molecular weight excluding hydrogens is 253 g/mol. The minimum absolute atomic E-state index is 0.205. The molecule has 0 aliphatic carbocycles. The van der Waals surface area contributed by atoms with Crippen molar-refractivity contribution in [3.8, 4) is 0 Å². The second-order valence-corrected chi connectivity index (χ2v) is 3.72. The molecule has 0 fully saturated rings. The first-order valence-electron chi connectivity index (χ1n) is 5.09. The summed E-state index contributed by atoms with van der Waals surface area (Å²) in [6.45, 7) is 0. The lowest BCUT2D eigenvalue weighted by Crippen LogP contribution is -2.24. The number of nitrogens with one attached hydrogen (secondary N) is 3. The first-order valence-corrected chi connectivity index (χ1v) is 5.50. The van der Waals surface area contributed by atoms with Crippen molar-refractivity contribution in [3.63, 3.8) is 0 Å². The summed E-state index contributed by atoms with van der Waals surface area (Å²) in [6.07, 6.45) is 3.12. The summed E-state index contributed by atoms with van der Waals surface area (Å²) in [7, 11) is 0. The third-order valence-electron chi connectivity index (χ3n) is 2.01. The number of nitrogens with zero attached hydrogens (tertiary/aromatic N) is 2. The number of aromatic amines is 1. The van der Waals surface area contributed by atoms with Crippen LogP contribution < -0.4 is 10.7 Å². The van der Waals surface area contributed by atoms with E-state index in [1.165, 1.54) is 12.3 Å². The van der Waals surface area contributed by atoms with Gasteiger partial charge in [-0.25, -0.2) is 4.39 Å². The van der Waals surface area contributed by atoms with Crippen LogP contribution in [0.2, 0.25) is 0 Å². The van der Waals surface area contributed by atoms with Crippen LogP contribution in [0.1, 0.15) is 5.69 Å². The summed E-state index contributed by atoms with van der Waals surface area (Å²) in [5.41, 5.74) is 3.60. The number of hydrogen-bond acceptors (Lipinski definition) is 3. The van der Waals surface area contributed by atoms with E-state index in [0.29, 0.717) is 5.69 Å². The molecular formula is C11H10FN5S. The van der Waals surface area contributed by atoms with E-state index in [0.717, 1.165) is 5.69 Å². The fourth-order valence-corrected chi connectivity index (χ4v) is 1.37. The van der Waals surface area contributed by atoms with E-state index >= 15 is 0 Å². The van der Waals surface area contributed by atoms with Gasteiger partial charge in [0, 0.05) is 6.20 Å². The van der Waals surface area contributed by atoms with Gasteiger partial charge in [0.05, 0.1) is 17.6 Å². The van der Waals surface area contributed by atoms with Gasteiger partial charge in [-0.1, -0.05) is 12.1 Å². The van der Waals surface area contributed by atoms with Gasteiger partial charge in [-0.05, 0) is 30.4 Å². The zero-order chi connectivity index (χ0) is 12.8. The molecule has 18 heavy (non-hydrogen) atoms. The Morgan fingerprint density at radius 3 is 2.94 bits per heavy atom. The summed E-state index contributed by atoms with van der Waals surface area (Å²) in [6, 6.07) is 7.99. The van der Waals surface area contributed by atoms with Crippen LogP contribution in [0.5, 0.6) is 0 Å². The van der Waals surface area contributed by atoms with Gasteiger partial charge in [0.15, 0.2) is 5.11 Å². The van der Waals surface area contributed by atoms with E-state index < -0.39 is 0 Å². The SMILES string of the molecule is Fc1ccccc1NC(=S)N/N=C/c1ccn[nH]1. The van der Waals surface area contributed by atoms with Crippen molar-refractivity contribution in [2.45, 2.75) is 0 Å². The Morgan fingerprint density at radius 1 is 1.39 bits per heavy atom. The Bertz CT molecular complexity index is 552. The lowest BCUT2D eigenvalue weighted by molar-refractivity contribution is 0.632. The monoisotopic (exact) mass is 263 g/mol. The molecule has 1 heterocycles. The van der Waals surface area contributed by atoms with Crippen LogP contribution in [0.15, 0.2) is 41.6 Å². The second-order valence-electron chi connectivity index (χ2n) is 3.32. The number of thiocarbonyl (C=S) groups is 1. The van der Waals surface area contributed by atoms with Gasteiger partial charge < -0.3 is 5.32 Å². The third-order valence-corrected chi connectivity index (χ3v) is 2.21. The summed E-state index contributed by atoms with van der Waals surface area (Å²) in [5.74, 6) is -0.376. The molecule has 0 atom stereocenters. The molecule has 0 amide bonds. The maximum Gasteiger partial charge on any atom is 0.191 e. The van der Waals surface area contributed by atoms with Gasteiger partial charge in [-0.2, -0.15) is 10.2 Å². The molecule has 0 spiro atoms. The number of benzene rings is 1. The summed E-state index contributed by atoms with van der Waals surface area (Å²) >= 11 is 4.96. The Hall–Kier alpha value is -2.28. The molecule has 7 heteroatoms. The zero-order valence-corrected chi connectivity index (χ0v) is 10.0. The van der Waals surface area contributed by atoms with Crippen molar-refractivity contribution in [1.82, 2.24) is 15.6 Å². The van der Waals surface area contributed by atoms with Gasteiger partial charge in [-0.15, -0.1) is 0 Å². The number of para-hydroxylation sites is 1. The van der Waals surface area contributed by atoms with Crippen LogP contribution >= 0.6 is 12.2 Å². The molecule has 0 bridgehead atoms. The van der Waals surface area contributed by atoms with Crippen LogP contribution in [-0.2, 0) is 0 Å². The van der Waals surface area contributed by atoms with Crippen molar-refractivity contribution in [3.05, 3.63) is 48.0 Å². The van der Waals surface area contributed by atoms with Gasteiger partial charge in [0.25, 0.3) is 0 Å². The zero-order valence-electron chi connectivity index (χ0n) is 9.22. The van der Waals surface area contributed by atoms with Crippen LogP contribution in [0.3, 0.4) is 0 Å². The van der Waals surface area contributed by atoms with Crippen LogP contribution in [0.25, 0.3) is 0 Å². The minimum atomic E-state index is -0.376. The summed E-state index contributed by atoms with van der Waals surface area (Å²) in [4.78, 5) is 0. The molecule has 5 nitrogen and oxygen atoms in total. The third kappa shape index (κ3) is 3.36. The Balaban J connectivity index is 1.88. The van der Waals surface area contributed by atoms with E-state index in [4.69, 9.17) is 12.2 Å². The molecule has 2 rings (SSSR count). The van der Waals surface area contributed by atoms with Crippen LogP contribution in [0.4, 0.5) is 10.1 Å². The summed E-state index contributed by atoms with van der Waals surface area (Å²) < 4.78 is 13.3. The van der Waals surface area contributed by atoms with Crippen molar-refractivity contribution >= 4 is 29.2 Å². The number of anilines is 1. The highest BCUT2D eigenvalue weighted by Gasteiger charge is 2.01. The molecule has 0 radical (unpaired) electrons. The number of aromatic nitrogens is 2. The minimum Gasteiger partial charge on any atom is -0.329 e. The highest BCUT2D eigenvalue weighted by Crippen LogP contribution is 2.11. The van der Waals surface area contributed by atoms with E-state index in [-0.39, 0.29) is 10.9 Å². The van der Waals surface area contributed by atoms with Crippen LogP contribution in [0, 0.1) is 5.82 Å². The molecule has 0 saturated heterocycles.